The maximum absolute atomic E-state index is 12.1. The number of hydrogen-bond acceptors (Lipinski definition) is 5. The molecule has 1 fully saturated rings. The number of amides is 1. The van der Waals surface area contributed by atoms with E-state index in [0.717, 1.165) is 5.69 Å². The fourth-order valence-corrected chi connectivity index (χ4v) is 3.27. The molecule has 0 bridgehead atoms. The van der Waals surface area contributed by atoms with Gasteiger partial charge < -0.3 is 4.74 Å². The van der Waals surface area contributed by atoms with E-state index in [4.69, 9.17) is 4.74 Å². The molecule has 1 aromatic carbocycles. The number of ether oxygens (including phenoxy) is 1. The first-order valence-corrected chi connectivity index (χ1v) is 8.47. The molecule has 7 nitrogen and oxygen atoms in total. The molecule has 0 radical (unpaired) electrons. The third-order valence-electron chi connectivity index (χ3n) is 3.39. The van der Waals surface area contributed by atoms with Gasteiger partial charge in [-0.3, -0.25) is 9.88 Å². The van der Waals surface area contributed by atoms with Crippen molar-refractivity contribution in [3.63, 3.8) is 0 Å². The Balaban J connectivity index is 1.63. The summed E-state index contributed by atoms with van der Waals surface area (Å²) in [7, 11) is -3.67. The molecule has 0 saturated carbocycles. The Morgan fingerprint density at radius 2 is 2.00 bits per heavy atom. The Hall–Kier alpha value is -2.45. The zero-order chi connectivity index (χ0) is 16.3. The topological polar surface area (TPSA) is 88.6 Å². The quantitative estimate of drug-likeness (QED) is 0.893. The average Bonchev–Trinajstić information content (AvgIpc) is 2.96. The Morgan fingerprint density at radius 1 is 1.22 bits per heavy atom. The number of nitrogens with zero attached hydrogens (tertiary/aromatic N) is 2. The Bertz CT molecular complexity index is 781. The van der Waals surface area contributed by atoms with Gasteiger partial charge in [-0.1, -0.05) is 18.2 Å². The number of nitrogens with one attached hydrogen (secondary N) is 1. The van der Waals surface area contributed by atoms with Gasteiger partial charge in [-0.25, -0.2) is 17.9 Å². The zero-order valence-corrected chi connectivity index (χ0v) is 12.9. The summed E-state index contributed by atoms with van der Waals surface area (Å²) in [6.45, 7) is 0.296. The minimum Gasteiger partial charge on any atom is -0.443 e. The van der Waals surface area contributed by atoms with Crippen LogP contribution in [0.2, 0.25) is 0 Å². The van der Waals surface area contributed by atoms with E-state index >= 15 is 0 Å². The van der Waals surface area contributed by atoms with Gasteiger partial charge in [0.25, 0.3) is 0 Å². The lowest BCUT2D eigenvalue weighted by atomic mass is 10.3. The lowest BCUT2D eigenvalue weighted by Gasteiger charge is -2.12. The minimum absolute atomic E-state index is 0.00625. The van der Waals surface area contributed by atoms with Gasteiger partial charge in [-0.15, -0.1) is 0 Å². The smallest absolute Gasteiger partial charge is 0.414 e. The Labute approximate surface area is 134 Å². The van der Waals surface area contributed by atoms with Gasteiger partial charge in [0.1, 0.15) is 11.0 Å². The lowest BCUT2D eigenvalue weighted by molar-refractivity contribution is 0.143. The second-order valence-electron chi connectivity index (χ2n) is 4.99. The van der Waals surface area contributed by atoms with Crippen LogP contribution in [0.3, 0.4) is 0 Å². The molecule has 3 rings (SSSR count). The number of rotatable bonds is 5. The van der Waals surface area contributed by atoms with Gasteiger partial charge in [0.05, 0.1) is 6.54 Å². The third kappa shape index (κ3) is 3.49. The van der Waals surface area contributed by atoms with Crippen molar-refractivity contribution in [2.45, 2.75) is 11.0 Å². The SMILES string of the molecule is O=C1OC(CNS(=O)(=O)c2cccnc2)CN1c1ccccc1. The van der Waals surface area contributed by atoms with Crippen molar-refractivity contribution < 1.29 is 17.9 Å². The van der Waals surface area contributed by atoms with Gasteiger partial charge >= 0.3 is 6.09 Å². The van der Waals surface area contributed by atoms with Crippen LogP contribution in [-0.4, -0.2) is 38.7 Å². The Kier molecular flexibility index (Phi) is 4.26. The van der Waals surface area contributed by atoms with Gasteiger partial charge in [0.15, 0.2) is 0 Å². The first kappa shape index (κ1) is 15.4. The molecule has 8 heteroatoms. The van der Waals surface area contributed by atoms with Crippen LogP contribution < -0.4 is 9.62 Å². The van der Waals surface area contributed by atoms with E-state index in [1.165, 1.54) is 23.4 Å². The highest BCUT2D eigenvalue weighted by Gasteiger charge is 2.33. The van der Waals surface area contributed by atoms with Gasteiger partial charge in [0.2, 0.25) is 10.0 Å². The average molecular weight is 333 g/mol. The monoisotopic (exact) mass is 333 g/mol. The van der Waals surface area contributed by atoms with Crippen LogP contribution in [0.15, 0.2) is 59.8 Å². The second-order valence-corrected chi connectivity index (χ2v) is 6.76. The first-order valence-electron chi connectivity index (χ1n) is 6.99. The van der Waals surface area contributed by atoms with E-state index in [0.29, 0.717) is 6.54 Å². The highest BCUT2D eigenvalue weighted by molar-refractivity contribution is 7.89. The van der Waals surface area contributed by atoms with Crippen molar-refractivity contribution in [1.82, 2.24) is 9.71 Å². The van der Waals surface area contributed by atoms with E-state index in [9.17, 15) is 13.2 Å². The van der Waals surface area contributed by atoms with E-state index in [2.05, 4.69) is 9.71 Å². The highest BCUT2D eigenvalue weighted by Crippen LogP contribution is 2.21. The molecule has 1 amide bonds. The molecule has 23 heavy (non-hydrogen) atoms. The molecule has 1 aliphatic heterocycles. The fraction of sp³-hybridized carbons (Fsp3) is 0.200. The molecule has 1 atom stereocenters. The standard InChI is InChI=1S/C15H15N3O4S/c19-15-18(12-5-2-1-3-6-12)11-13(22-15)9-17-23(20,21)14-7-4-8-16-10-14/h1-8,10,13,17H,9,11H2. The third-order valence-corrected chi connectivity index (χ3v) is 4.80. The Morgan fingerprint density at radius 3 is 2.70 bits per heavy atom. The molecule has 1 aromatic heterocycles. The van der Waals surface area contributed by atoms with Crippen molar-refractivity contribution >= 4 is 21.8 Å². The number of pyridine rings is 1. The molecule has 2 heterocycles. The highest BCUT2D eigenvalue weighted by atomic mass is 32.2. The van der Waals surface area contributed by atoms with E-state index in [1.54, 1.807) is 18.2 Å². The number of para-hydroxylation sites is 1. The van der Waals surface area contributed by atoms with E-state index in [-0.39, 0.29) is 11.4 Å². The van der Waals surface area contributed by atoms with Gasteiger partial charge in [-0.05, 0) is 24.3 Å². The molecule has 1 N–H and O–H groups in total. The molecular formula is C15H15N3O4S. The predicted octanol–water partition coefficient (Wildman–Crippen LogP) is 1.39. The summed E-state index contributed by atoms with van der Waals surface area (Å²) < 4.78 is 31.9. The summed E-state index contributed by atoms with van der Waals surface area (Å²) in [6, 6.07) is 12.1. The zero-order valence-electron chi connectivity index (χ0n) is 12.1. The molecule has 120 valence electrons. The van der Waals surface area contributed by atoms with Crippen LogP contribution >= 0.6 is 0 Å². The maximum Gasteiger partial charge on any atom is 0.414 e. The van der Waals surface area contributed by atoms with Crippen LogP contribution in [0.4, 0.5) is 10.5 Å². The second kappa shape index (κ2) is 6.35. The molecular weight excluding hydrogens is 318 g/mol. The van der Waals surface area contributed by atoms with Crippen LogP contribution in [0.25, 0.3) is 0 Å². The van der Waals surface area contributed by atoms with Crippen LogP contribution in [0.1, 0.15) is 0 Å². The summed E-state index contributed by atoms with van der Waals surface area (Å²) in [4.78, 5) is 17.2. The number of carbonyl (C=O) groups excluding carboxylic acids is 1. The molecule has 0 aliphatic carbocycles. The summed E-state index contributed by atoms with van der Waals surface area (Å²) >= 11 is 0. The molecule has 0 spiro atoms. The summed E-state index contributed by atoms with van der Waals surface area (Å²) in [5.74, 6) is 0. The number of hydrogen-bond donors (Lipinski definition) is 1. The van der Waals surface area contributed by atoms with Crippen molar-refractivity contribution in [2.75, 3.05) is 18.0 Å². The number of carbonyl (C=O) groups is 1. The van der Waals surface area contributed by atoms with Crippen LogP contribution in [0.5, 0.6) is 0 Å². The predicted molar refractivity (Wildman–Crippen MR) is 83.5 cm³/mol. The lowest BCUT2D eigenvalue weighted by Crippen LogP contribution is -2.34. The van der Waals surface area contributed by atoms with Crippen molar-refractivity contribution in [3.05, 3.63) is 54.9 Å². The van der Waals surface area contributed by atoms with Crippen molar-refractivity contribution in [1.29, 1.82) is 0 Å². The summed E-state index contributed by atoms with van der Waals surface area (Å²) in [5, 5.41) is 0. The molecule has 1 saturated heterocycles. The fourth-order valence-electron chi connectivity index (χ4n) is 2.24. The number of sulfonamides is 1. The van der Waals surface area contributed by atoms with Crippen molar-refractivity contribution in [3.8, 4) is 0 Å². The van der Waals surface area contributed by atoms with Crippen molar-refractivity contribution in [2.24, 2.45) is 0 Å². The summed E-state index contributed by atoms with van der Waals surface area (Å²) in [5.41, 5.74) is 0.718. The van der Waals surface area contributed by atoms with Gasteiger partial charge in [-0.2, -0.15) is 0 Å². The number of benzene rings is 1. The molecule has 2 aromatic rings. The molecule has 1 unspecified atom stereocenters. The van der Waals surface area contributed by atoms with Crippen LogP contribution in [0, 0.1) is 0 Å². The first-order chi connectivity index (χ1) is 11.1. The summed E-state index contributed by atoms with van der Waals surface area (Å²) in [6.07, 6.45) is 1.73. The van der Waals surface area contributed by atoms with Crippen LogP contribution in [-0.2, 0) is 14.8 Å². The number of cyclic esters (lactones) is 1. The van der Waals surface area contributed by atoms with E-state index in [1.807, 2.05) is 18.2 Å². The number of anilines is 1. The normalized spacial score (nSPS) is 18.0. The van der Waals surface area contributed by atoms with Gasteiger partial charge in [0, 0.05) is 24.6 Å². The maximum atomic E-state index is 12.1. The largest absolute Gasteiger partial charge is 0.443 e. The number of aromatic nitrogens is 1. The molecule has 1 aliphatic rings. The minimum atomic E-state index is -3.67. The van der Waals surface area contributed by atoms with E-state index < -0.39 is 22.2 Å².